The van der Waals surface area contributed by atoms with Gasteiger partial charge in [-0.05, 0) is 43.9 Å². The second-order valence-electron chi connectivity index (χ2n) is 9.69. The third kappa shape index (κ3) is 6.12. The lowest BCUT2D eigenvalue weighted by molar-refractivity contribution is -0.131. The maximum absolute atomic E-state index is 13.5. The molecule has 1 aromatic rings. The van der Waals surface area contributed by atoms with Crippen molar-refractivity contribution in [1.29, 1.82) is 0 Å². The normalized spacial score (nSPS) is 23.6. The van der Waals surface area contributed by atoms with Gasteiger partial charge in [0, 0.05) is 44.0 Å². The van der Waals surface area contributed by atoms with Gasteiger partial charge >= 0.3 is 0 Å². The molecule has 8 heteroatoms. The van der Waals surface area contributed by atoms with Gasteiger partial charge < -0.3 is 14.7 Å². The molecular formula is C26H38N2O5S. The molecule has 0 bridgehead atoms. The zero-order valence-electron chi connectivity index (χ0n) is 20.8. The maximum atomic E-state index is 13.5. The molecule has 1 aromatic carbocycles. The Morgan fingerprint density at radius 3 is 2.68 bits per heavy atom. The van der Waals surface area contributed by atoms with Crippen molar-refractivity contribution in [3.8, 4) is 17.6 Å². The summed E-state index contributed by atoms with van der Waals surface area (Å²) in [7, 11) is -2.16. The summed E-state index contributed by atoms with van der Waals surface area (Å²) in [6.45, 7) is 5.66. The quantitative estimate of drug-likeness (QED) is 0.619. The molecule has 188 valence electrons. The van der Waals surface area contributed by atoms with Gasteiger partial charge in [0.15, 0.2) is 0 Å². The Bertz CT molecular complexity index is 1020. The number of sulfonamides is 1. The molecule has 0 spiro atoms. The number of rotatable bonds is 6. The SMILES string of the molecule is CCC(=O)N(C)C[C@H]1Oc2cc(C#CCC3CCCC3)ccc2S(=O)(=O)N([C@@H](C)CO)C[C@H]1C. The number of ether oxygens (including phenoxy) is 1. The molecule has 1 heterocycles. The lowest BCUT2D eigenvalue weighted by Crippen LogP contribution is -2.50. The third-order valence-electron chi connectivity index (χ3n) is 6.95. The fourth-order valence-electron chi connectivity index (χ4n) is 4.67. The number of hydrogen-bond acceptors (Lipinski definition) is 5. The number of carbonyl (C=O) groups is 1. The second-order valence-corrected chi connectivity index (χ2v) is 11.5. The third-order valence-corrected chi connectivity index (χ3v) is 8.97. The first kappa shape index (κ1) is 26.5. The van der Waals surface area contributed by atoms with E-state index in [0.717, 1.165) is 6.42 Å². The molecule has 1 fully saturated rings. The van der Waals surface area contributed by atoms with Crippen molar-refractivity contribution < 1.29 is 23.1 Å². The van der Waals surface area contributed by atoms with Gasteiger partial charge in [0.25, 0.3) is 0 Å². The average Bonchev–Trinajstić information content (AvgIpc) is 3.33. The number of likely N-dealkylation sites (N-methyl/N-ethyl adjacent to an activating group) is 1. The van der Waals surface area contributed by atoms with Crippen LogP contribution in [0.1, 0.15) is 64.9 Å². The van der Waals surface area contributed by atoms with Crippen LogP contribution < -0.4 is 4.74 Å². The van der Waals surface area contributed by atoms with E-state index in [1.807, 2.05) is 13.8 Å². The van der Waals surface area contributed by atoms with E-state index in [1.165, 1.54) is 30.0 Å². The number of nitrogens with zero attached hydrogens (tertiary/aromatic N) is 2. The number of aliphatic hydroxyl groups excluding tert-OH is 1. The smallest absolute Gasteiger partial charge is 0.247 e. The number of hydrogen-bond donors (Lipinski definition) is 1. The summed E-state index contributed by atoms with van der Waals surface area (Å²) in [5.41, 5.74) is 0.707. The van der Waals surface area contributed by atoms with E-state index in [9.17, 15) is 18.3 Å². The molecule has 0 aromatic heterocycles. The first-order chi connectivity index (χ1) is 16.2. The van der Waals surface area contributed by atoms with Crippen LogP contribution in [0.15, 0.2) is 23.1 Å². The minimum absolute atomic E-state index is 0.00202. The zero-order chi connectivity index (χ0) is 24.9. The number of carbonyl (C=O) groups excluding carboxylic acids is 1. The van der Waals surface area contributed by atoms with Gasteiger partial charge in [-0.3, -0.25) is 4.79 Å². The van der Waals surface area contributed by atoms with Gasteiger partial charge in [0.05, 0.1) is 13.2 Å². The van der Waals surface area contributed by atoms with Crippen LogP contribution in [0.25, 0.3) is 0 Å². The molecule has 1 aliphatic heterocycles. The molecule has 1 saturated carbocycles. The van der Waals surface area contributed by atoms with Gasteiger partial charge in [-0.25, -0.2) is 8.42 Å². The molecular weight excluding hydrogens is 452 g/mol. The van der Waals surface area contributed by atoms with E-state index in [2.05, 4.69) is 11.8 Å². The van der Waals surface area contributed by atoms with Crippen LogP contribution >= 0.6 is 0 Å². The van der Waals surface area contributed by atoms with Crippen LogP contribution in [-0.2, 0) is 14.8 Å². The summed E-state index contributed by atoms with van der Waals surface area (Å²) < 4.78 is 34.7. The van der Waals surface area contributed by atoms with Gasteiger partial charge in [-0.1, -0.05) is 38.5 Å². The molecule has 3 rings (SSSR count). The second kappa shape index (κ2) is 11.6. The summed E-state index contributed by atoms with van der Waals surface area (Å²) >= 11 is 0. The molecule has 0 saturated heterocycles. The fourth-order valence-corrected chi connectivity index (χ4v) is 6.50. The topological polar surface area (TPSA) is 87.2 Å². The van der Waals surface area contributed by atoms with Crippen LogP contribution in [0.5, 0.6) is 5.75 Å². The lowest BCUT2D eigenvalue weighted by atomic mass is 10.0. The Morgan fingerprint density at radius 2 is 2.03 bits per heavy atom. The van der Waals surface area contributed by atoms with Crippen LogP contribution in [0, 0.1) is 23.7 Å². The highest BCUT2D eigenvalue weighted by atomic mass is 32.2. The highest BCUT2D eigenvalue weighted by Crippen LogP contribution is 2.34. The Balaban J connectivity index is 1.97. The Kier molecular flexibility index (Phi) is 9.02. The summed E-state index contributed by atoms with van der Waals surface area (Å²) in [6.07, 6.45) is 5.82. The zero-order valence-corrected chi connectivity index (χ0v) is 21.6. The summed E-state index contributed by atoms with van der Waals surface area (Å²) in [5.74, 6) is 7.13. The van der Waals surface area contributed by atoms with Crippen molar-refractivity contribution in [2.24, 2.45) is 11.8 Å². The predicted molar refractivity (Wildman–Crippen MR) is 132 cm³/mol. The van der Waals surface area contributed by atoms with Gasteiger partial charge in [-0.15, -0.1) is 0 Å². The monoisotopic (exact) mass is 490 g/mol. The van der Waals surface area contributed by atoms with Crippen molar-refractivity contribution in [3.63, 3.8) is 0 Å². The lowest BCUT2D eigenvalue weighted by Gasteiger charge is -2.37. The first-order valence-electron chi connectivity index (χ1n) is 12.3. The van der Waals surface area contributed by atoms with Crippen LogP contribution in [-0.4, -0.2) is 67.5 Å². The fraction of sp³-hybridized carbons (Fsp3) is 0.654. The van der Waals surface area contributed by atoms with E-state index in [1.54, 1.807) is 37.1 Å². The van der Waals surface area contributed by atoms with Gasteiger partial charge in [0.2, 0.25) is 15.9 Å². The molecule has 1 N–H and O–H groups in total. The van der Waals surface area contributed by atoms with Crippen LogP contribution in [0.2, 0.25) is 0 Å². The molecule has 2 aliphatic rings. The minimum atomic E-state index is -3.89. The van der Waals surface area contributed by atoms with E-state index in [4.69, 9.17) is 4.74 Å². The van der Waals surface area contributed by atoms with Crippen molar-refractivity contribution in [2.75, 3.05) is 26.7 Å². The summed E-state index contributed by atoms with van der Waals surface area (Å²) in [5, 5.41) is 9.75. The van der Waals surface area contributed by atoms with Crippen molar-refractivity contribution in [2.45, 2.75) is 76.3 Å². The largest absolute Gasteiger partial charge is 0.487 e. The van der Waals surface area contributed by atoms with Crippen molar-refractivity contribution in [3.05, 3.63) is 23.8 Å². The average molecular weight is 491 g/mol. The highest BCUT2D eigenvalue weighted by Gasteiger charge is 2.38. The number of benzene rings is 1. The molecule has 0 unspecified atom stereocenters. The Morgan fingerprint density at radius 1 is 1.32 bits per heavy atom. The standard InChI is InChI=1S/C26H38N2O5S/c1-5-26(30)27(4)17-24-19(2)16-28(20(3)18-29)34(31,32)25-14-13-22(15-23(25)33-24)12-8-11-21-9-6-7-10-21/h13-15,19-21,24,29H,5-7,9-11,16-18H2,1-4H3/t19-,20+,24-/m1/s1. The van der Waals surface area contributed by atoms with E-state index >= 15 is 0 Å². The Hall–Kier alpha value is -2.08. The number of fused-ring (bicyclic) bond motifs is 1. The van der Waals surface area contributed by atoms with E-state index < -0.39 is 22.2 Å². The maximum Gasteiger partial charge on any atom is 0.247 e. The van der Waals surface area contributed by atoms with E-state index in [-0.39, 0.29) is 35.6 Å². The summed E-state index contributed by atoms with van der Waals surface area (Å²) in [4.78, 5) is 13.9. The number of aliphatic hydroxyl groups is 1. The number of amides is 1. The minimum Gasteiger partial charge on any atom is -0.487 e. The molecule has 3 atom stereocenters. The van der Waals surface area contributed by atoms with Crippen LogP contribution in [0.3, 0.4) is 0 Å². The predicted octanol–water partition coefficient (Wildman–Crippen LogP) is 3.26. The molecule has 1 amide bonds. The van der Waals surface area contributed by atoms with Crippen molar-refractivity contribution in [1.82, 2.24) is 9.21 Å². The molecule has 0 radical (unpaired) electrons. The molecule has 1 aliphatic carbocycles. The van der Waals surface area contributed by atoms with Crippen LogP contribution in [0.4, 0.5) is 0 Å². The summed E-state index contributed by atoms with van der Waals surface area (Å²) in [6, 6.07) is 4.38. The van der Waals surface area contributed by atoms with Gasteiger partial charge in [0.1, 0.15) is 16.7 Å². The van der Waals surface area contributed by atoms with Crippen molar-refractivity contribution >= 4 is 15.9 Å². The molecule has 34 heavy (non-hydrogen) atoms. The highest BCUT2D eigenvalue weighted by molar-refractivity contribution is 7.89. The van der Waals surface area contributed by atoms with Gasteiger partial charge in [-0.2, -0.15) is 4.31 Å². The Labute approximate surface area is 204 Å². The van der Waals surface area contributed by atoms with E-state index in [0.29, 0.717) is 24.4 Å². The molecule has 7 nitrogen and oxygen atoms in total. The first-order valence-corrected chi connectivity index (χ1v) is 13.8.